The van der Waals surface area contributed by atoms with Gasteiger partial charge in [-0.3, -0.25) is 9.10 Å². The van der Waals surface area contributed by atoms with Gasteiger partial charge in [-0.2, -0.15) is 0 Å². The Balaban J connectivity index is 1.51. The van der Waals surface area contributed by atoms with Gasteiger partial charge in [0, 0.05) is 23.7 Å². The Kier molecular flexibility index (Phi) is 5.54. The highest BCUT2D eigenvalue weighted by Gasteiger charge is 2.31. The zero-order valence-corrected chi connectivity index (χ0v) is 18.0. The summed E-state index contributed by atoms with van der Waals surface area (Å²) >= 11 is 5.87. The van der Waals surface area contributed by atoms with Crippen LogP contribution >= 0.6 is 11.6 Å². The molecule has 0 unspecified atom stereocenters. The van der Waals surface area contributed by atoms with Gasteiger partial charge in [-0.15, -0.1) is 0 Å². The number of anilines is 1. The predicted molar refractivity (Wildman–Crippen MR) is 118 cm³/mol. The van der Waals surface area contributed by atoms with Crippen molar-refractivity contribution in [3.8, 4) is 0 Å². The lowest BCUT2D eigenvalue weighted by Crippen LogP contribution is -2.29. The standard InChI is InChI=1S/C23H21ClN2O3S/c1-16-2-4-17(5-3-16)15-25-23(27)19-6-11-22-18(14-19)12-13-26(22)30(28,29)21-9-7-20(24)8-10-21/h2-11,14H,12-13,15H2,1H3,(H,25,27). The third-order valence-electron chi connectivity index (χ3n) is 5.17. The first kappa shape index (κ1) is 20.4. The molecule has 5 nitrogen and oxygen atoms in total. The highest BCUT2D eigenvalue weighted by Crippen LogP contribution is 2.33. The molecule has 0 fully saturated rings. The van der Waals surface area contributed by atoms with E-state index in [9.17, 15) is 13.2 Å². The summed E-state index contributed by atoms with van der Waals surface area (Å²) in [5.74, 6) is -0.183. The number of sulfonamides is 1. The number of halogens is 1. The molecule has 0 saturated carbocycles. The zero-order valence-electron chi connectivity index (χ0n) is 16.4. The lowest BCUT2D eigenvalue weighted by atomic mass is 10.1. The van der Waals surface area contributed by atoms with Gasteiger partial charge < -0.3 is 5.32 Å². The van der Waals surface area contributed by atoms with Crippen molar-refractivity contribution in [1.82, 2.24) is 5.32 Å². The number of carbonyl (C=O) groups excluding carboxylic acids is 1. The topological polar surface area (TPSA) is 66.5 Å². The fourth-order valence-electron chi connectivity index (χ4n) is 3.49. The third kappa shape index (κ3) is 4.06. The number of nitrogens with zero attached hydrogens (tertiary/aromatic N) is 1. The summed E-state index contributed by atoms with van der Waals surface area (Å²) < 4.78 is 27.4. The lowest BCUT2D eigenvalue weighted by Gasteiger charge is -2.19. The van der Waals surface area contributed by atoms with Gasteiger partial charge in [0.1, 0.15) is 0 Å². The Bertz CT molecular complexity index is 1190. The van der Waals surface area contributed by atoms with E-state index in [1.807, 2.05) is 31.2 Å². The van der Waals surface area contributed by atoms with Gasteiger partial charge >= 0.3 is 0 Å². The minimum atomic E-state index is -3.68. The minimum absolute atomic E-state index is 0.183. The lowest BCUT2D eigenvalue weighted by molar-refractivity contribution is 0.0951. The first-order chi connectivity index (χ1) is 14.3. The molecule has 0 aliphatic carbocycles. The van der Waals surface area contributed by atoms with E-state index in [1.54, 1.807) is 30.3 Å². The first-order valence-corrected chi connectivity index (χ1v) is 11.4. The van der Waals surface area contributed by atoms with Crippen LogP contribution in [0.15, 0.2) is 71.6 Å². The summed E-state index contributed by atoms with van der Waals surface area (Å²) in [4.78, 5) is 12.8. The van der Waals surface area contributed by atoms with E-state index in [0.717, 1.165) is 11.1 Å². The molecule has 154 valence electrons. The Hall–Kier alpha value is -2.83. The van der Waals surface area contributed by atoms with Gasteiger partial charge in [0.15, 0.2) is 0 Å². The number of amides is 1. The van der Waals surface area contributed by atoms with E-state index in [4.69, 9.17) is 11.6 Å². The van der Waals surface area contributed by atoms with E-state index in [2.05, 4.69) is 5.32 Å². The molecule has 3 aromatic carbocycles. The normalized spacial score (nSPS) is 13.2. The molecule has 30 heavy (non-hydrogen) atoms. The highest BCUT2D eigenvalue weighted by atomic mass is 35.5. The largest absolute Gasteiger partial charge is 0.348 e. The molecule has 7 heteroatoms. The molecule has 0 atom stereocenters. The van der Waals surface area contributed by atoms with Crippen LogP contribution in [0.2, 0.25) is 5.02 Å². The molecule has 0 radical (unpaired) electrons. The van der Waals surface area contributed by atoms with E-state index < -0.39 is 10.0 Å². The molecule has 3 aromatic rings. The number of carbonyl (C=O) groups is 1. The first-order valence-electron chi connectivity index (χ1n) is 9.59. The Morgan fingerprint density at radius 3 is 2.43 bits per heavy atom. The summed E-state index contributed by atoms with van der Waals surface area (Å²) in [5, 5.41) is 3.40. The molecule has 1 aliphatic heterocycles. The maximum Gasteiger partial charge on any atom is 0.264 e. The molecule has 1 amide bonds. The van der Waals surface area contributed by atoms with Crippen molar-refractivity contribution in [2.45, 2.75) is 24.8 Å². The van der Waals surface area contributed by atoms with Crippen LogP contribution in [0.1, 0.15) is 27.0 Å². The number of aryl methyl sites for hydroxylation is 1. The van der Waals surface area contributed by atoms with Crippen molar-refractivity contribution in [3.63, 3.8) is 0 Å². The summed E-state index contributed by atoms with van der Waals surface area (Å²) in [6.07, 6.45) is 0.557. The highest BCUT2D eigenvalue weighted by molar-refractivity contribution is 7.92. The van der Waals surface area contributed by atoms with Gasteiger partial charge in [-0.25, -0.2) is 8.42 Å². The number of rotatable bonds is 5. The molecule has 1 heterocycles. The van der Waals surface area contributed by atoms with Crippen molar-refractivity contribution in [3.05, 3.63) is 94.0 Å². The average molecular weight is 441 g/mol. The maximum atomic E-state index is 13.0. The number of nitrogens with one attached hydrogen (secondary N) is 1. The van der Waals surface area contributed by atoms with Crippen molar-refractivity contribution in [2.24, 2.45) is 0 Å². The second kappa shape index (κ2) is 8.13. The number of benzene rings is 3. The SMILES string of the molecule is Cc1ccc(CNC(=O)c2ccc3c(c2)CCN3S(=O)(=O)c2ccc(Cl)cc2)cc1. The Morgan fingerprint density at radius 1 is 1.03 bits per heavy atom. The zero-order chi connectivity index (χ0) is 21.3. The van der Waals surface area contributed by atoms with Crippen LogP contribution in [0.5, 0.6) is 0 Å². The van der Waals surface area contributed by atoms with Crippen molar-refractivity contribution in [2.75, 3.05) is 10.8 Å². The summed E-state index contributed by atoms with van der Waals surface area (Å²) in [5.41, 5.74) is 4.17. The van der Waals surface area contributed by atoms with Crippen LogP contribution in [-0.4, -0.2) is 20.9 Å². The average Bonchev–Trinajstić information content (AvgIpc) is 3.17. The monoisotopic (exact) mass is 440 g/mol. The predicted octanol–water partition coefficient (Wildman–Crippen LogP) is 4.33. The number of hydrogen-bond acceptors (Lipinski definition) is 3. The molecule has 0 spiro atoms. The van der Waals surface area contributed by atoms with E-state index >= 15 is 0 Å². The van der Waals surface area contributed by atoms with Crippen LogP contribution in [-0.2, 0) is 23.0 Å². The third-order valence-corrected chi connectivity index (χ3v) is 7.25. The number of hydrogen-bond donors (Lipinski definition) is 1. The van der Waals surface area contributed by atoms with E-state index in [1.165, 1.54) is 22.0 Å². The molecule has 1 aliphatic rings. The Morgan fingerprint density at radius 2 is 1.73 bits per heavy atom. The maximum absolute atomic E-state index is 13.0. The van der Waals surface area contributed by atoms with Crippen molar-refractivity contribution in [1.29, 1.82) is 0 Å². The molecule has 0 bridgehead atoms. The van der Waals surface area contributed by atoms with Crippen LogP contribution in [0.3, 0.4) is 0 Å². The van der Waals surface area contributed by atoms with Gasteiger partial charge in [0.2, 0.25) is 0 Å². The molecular formula is C23H21ClN2O3S. The summed E-state index contributed by atoms with van der Waals surface area (Å²) in [6.45, 7) is 2.80. The number of fused-ring (bicyclic) bond motifs is 1. The minimum Gasteiger partial charge on any atom is -0.348 e. The molecule has 0 aromatic heterocycles. The van der Waals surface area contributed by atoms with Gasteiger partial charge in [0.05, 0.1) is 10.6 Å². The van der Waals surface area contributed by atoms with Gasteiger partial charge in [0.25, 0.3) is 15.9 Å². The molecule has 0 saturated heterocycles. The van der Waals surface area contributed by atoms with Crippen molar-refractivity contribution >= 4 is 33.2 Å². The smallest absolute Gasteiger partial charge is 0.264 e. The second-order valence-electron chi connectivity index (χ2n) is 7.29. The molecule has 4 rings (SSSR count). The molecular weight excluding hydrogens is 420 g/mol. The Labute approximate surface area is 181 Å². The van der Waals surface area contributed by atoms with Crippen LogP contribution in [0.25, 0.3) is 0 Å². The van der Waals surface area contributed by atoms with E-state index in [-0.39, 0.29) is 10.8 Å². The van der Waals surface area contributed by atoms with Gasteiger partial charge in [-0.1, -0.05) is 41.4 Å². The fourth-order valence-corrected chi connectivity index (χ4v) is 5.12. The van der Waals surface area contributed by atoms with Crippen LogP contribution in [0.4, 0.5) is 5.69 Å². The van der Waals surface area contributed by atoms with Gasteiger partial charge in [-0.05, 0) is 66.9 Å². The molecule has 1 N–H and O–H groups in total. The van der Waals surface area contributed by atoms with Crippen LogP contribution < -0.4 is 9.62 Å². The van der Waals surface area contributed by atoms with Crippen molar-refractivity contribution < 1.29 is 13.2 Å². The summed E-state index contributed by atoms with van der Waals surface area (Å²) in [6, 6.07) is 19.3. The quantitative estimate of drug-likeness (QED) is 0.642. The van der Waals surface area contributed by atoms with E-state index in [0.29, 0.717) is 35.8 Å². The van der Waals surface area contributed by atoms with Crippen LogP contribution in [0, 0.1) is 6.92 Å². The summed E-state index contributed by atoms with van der Waals surface area (Å²) in [7, 11) is -3.68. The second-order valence-corrected chi connectivity index (χ2v) is 9.59. The fraction of sp³-hybridized carbons (Fsp3) is 0.174.